The molecule has 7 nitrogen and oxygen atoms in total. The summed E-state index contributed by atoms with van der Waals surface area (Å²) in [5.41, 5.74) is 1.15. The molecular weight excluding hydrogens is 330 g/mol. The number of nitrogens with zero attached hydrogens (tertiary/aromatic N) is 4. The van der Waals surface area contributed by atoms with Crippen LogP contribution in [0.2, 0.25) is 0 Å². The molecule has 2 amide bonds. The maximum absolute atomic E-state index is 12.5. The molecule has 0 bridgehead atoms. The third kappa shape index (κ3) is 4.27. The van der Waals surface area contributed by atoms with Crippen molar-refractivity contribution >= 4 is 24.2 Å². The second kappa shape index (κ2) is 8.48. The van der Waals surface area contributed by atoms with E-state index in [-0.39, 0.29) is 24.2 Å². The number of halogens is 1. The number of aromatic nitrogens is 2. The molecule has 134 valence electrons. The van der Waals surface area contributed by atoms with Gasteiger partial charge in [-0.2, -0.15) is 5.10 Å². The quantitative estimate of drug-likeness (QED) is 0.855. The maximum atomic E-state index is 12.5. The van der Waals surface area contributed by atoms with E-state index in [1.165, 1.54) is 0 Å². The van der Waals surface area contributed by atoms with Gasteiger partial charge in [0, 0.05) is 57.5 Å². The summed E-state index contributed by atoms with van der Waals surface area (Å²) in [6.45, 7) is 6.37. The van der Waals surface area contributed by atoms with Crippen LogP contribution in [0.4, 0.5) is 0 Å². The van der Waals surface area contributed by atoms with Gasteiger partial charge >= 0.3 is 0 Å². The summed E-state index contributed by atoms with van der Waals surface area (Å²) in [5.74, 6) is 0.604. The largest absolute Gasteiger partial charge is 0.339 e. The van der Waals surface area contributed by atoms with Gasteiger partial charge in [0.25, 0.3) is 0 Å². The third-order valence-corrected chi connectivity index (χ3v) is 4.83. The molecule has 1 atom stereocenters. The molecule has 8 heteroatoms. The highest BCUT2D eigenvalue weighted by molar-refractivity contribution is 5.85. The van der Waals surface area contributed by atoms with Crippen LogP contribution in [0.3, 0.4) is 0 Å². The third-order valence-electron chi connectivity index (χ3n) is 4.83. The van der Waals surface area contributed by atoms with Gasteiger partial charge in [-0.25, -0.2) is 0 Å². The van der Waals surface area contributed by atoms with Crippen LogP contribution in [0, 0.1) is 0 Å². The predicted molar refractivity (Wildman–Crippen MR) is 93.2 cm³/mol. The van der Waals surface area contributed by atoms with Crippen LogP contribution in [0.15, 0.2) is 12.3 Å². The van der Waals surface area contributed by atoms with E-state index >= 15 is 0 Å². The number of hydrogen-bond donors (Lipinski definition) is 1. The summed E-state index contributed by atoms with van der Waals surface area (Å²) in [5, 5.41) is 7.75. The minimum absolute atomic E-state index is 0. The molecule has 2 aliphatic rings. The Kier molecular flexibility index (Phi) is 6.62. The first-order chi connectivity index (χ1) is 11.1. The first-order valence-corrected chi connectivity index (χ1v) is 8.41. The van der Waals surface area contributed by atoms with Crippen LogP contribution >= 0.6 is 12.4 Å². The summed E-state index contributed by atoms with van der Waals surface area (Å²) < 4.78 is 1.84. The van der Waals surface area contributed by atoms with Crippen molar-refractivity contribution in [3.05, 3.63) is 18.0 Å². The molecule has 0 aliphatic carbocycles. The van der Waals surface area contributed by atoms with Crippen molar-refractivity contribution in [1.82, 2.24) is 24.9 Å². The lowest BCUT2D eigenvalue weighted by atomic mass is 9.96. The highest BCUT2D eigenvalue weighted by atomic mass is 35.5. The van der Waals surface area contributed by atoms with Gasteiger partial charge in [0.2, 0.25) is 11.8 Å². The van der Waals surface area contributed by atoms with E-state index in [0.717, 1.165) is 31.6 Å². The standard InChI is InChI=1S/C16H25N5O2.ClH/c1-13(22)19-7-9-20(10-8-19)16(23)12-21-15(4-6-18-21)14-3-2-5-17-11-14;/h4,6,14,17H,2-3,5,7-12H2,1H3;1H. The van der Waals surface area contributed by atoms with Gasteiger partial charge in [-0.1, -0.05) is 0 Å². The fourth-order valence-corrected chi connectivity index (χ4v) is 3.42. The Morgan fingerprint density at radius 1 is 1.25 bits per heavy atom. The van der Waals surface area contributed by atoms with E-state index in [2.05, 4.69) is 10.4 Å². The molecule has 2 fully saturated rings. The van der Waals surface area contributed by atoms with Crippen molar-refractivity contribution in [2.75, 3.05) is 39.3 Å². The fourth-order valence-electron chi connectivity index (χ4n) is 3.42. The lowest BCUT2D eigenvalue weighted by Gasteiger charge is -2.34. The van der Waals surface area contributed by atoms with Gasteiger partial charge in [0.1, 0.15) is 6.54 Å². The molecule has 3 rings (SSSR count). The Morgan fingerprint density at radius 3 is 2.58 bits per heavy atom. The average Bonchev–Trinajstić information content (AvgIpc) is 3.04. The molecule has 0 radical (unpaired) electrons. The zero-order valence-corrected chi connectivity index (χ0v) is 14.9. The number of amides is 2. The van der Waals surface area contributed by atoms with E-state index in [1.807, 2.05) is 15.6 Å². The molecule has 0 aromatic carbocycles. The SMILES string of the molecule is CC(=O)N1CCN(C(=O)Cn2nccc2C2CCCNC2)CC1.Cl. The highest BCUT2D eigenvalue weighted by Gasteiger charge is 2.24. The Balaban J connectivity index is 0.00000208. The molecule has 1 aromatic rings. The van der Waals surface area contributed by atoms with Crippen LogP contribution in [0.25, 0.3) is 0 Å². The van der Waals surface area contributed by atoms with Crippen molar-refractivity contribution in [3.8, 4) is 0 Å². The van der Waals surface area contributed by atoms with E-state index in [4.69, 9.17) is 0 Å². The lowest BCUT2D eigenvalue weighted by molar-refractivity contribution is -0.139. The smallest absolute Gasteiger partial charge is 0.244 e. The van der Waals surface area contributed by atoms with Gasteiger partial charge in [-0.15, -0.1) is 12.4 Å². The Labute approximate surface area is 148 Å². The van der Waals surface area contributed by atoms with Gasteiger partial charge in [0.15, 0.2) is 0 Å². The number of nitrogens with one attached hydrogen (secondary N) is 1. The van der Waals surface area contributed by atoms with Crippen LogP contribution in [0.5, 0.6) is 0 Å². The Bertz CT molecular complexity index is 563. The van der Waals surface area contributed by atoms with Crippen molar-refractivity contribution in [2.45, 2.75) is 32.2 Å². The predicted octanol–water partition coefficient (Wildman–Crippen LogP) is 0.463. The number of carbonyl (C=O) groups excluding carboxylic acids is 2. The number of piperazine rings is 1. The molecule has 0 saturated carbocycles. The molecule has 1 unspecified atom stereocenters. The molecule has 2 aliphatic heterocycles. The van der Waals surface area contributed by atoms with E-state index < -0.39 is 0 Å². The Hall–Kier alpha value is -1.60. The second-order valence-corrected chi connectivity index (χ2v) is 6.34. The van der Waals surface area contributed by atoms with Crippen LogP contribution < -0.4 is 5.32 Å². The number of piperidine rings is 1. The van der Waals surface area contributed by atoms with E-state index in [9.17, 15) is 9.59 Å². The molecule has 1 N–H and O–H groups in total. The van der Waals surface area contributed by atoms with Crippen LogP contribution in [-0.2, 0) is 16.1 Å². The lowest BCUT2D eigenvalue weighted by Crippen LogP contribution is -2.50. The molecule has 24 heavy (non-hydrogen) atoms. The highest BCUT2D eigenvalue weighted by Crippen LogP contribution is 2.22. The topological polar surface area (TPSA) is 70.5 Å². The second-order valence-electron chi connectivity index (χ2n) is 6.34. The summed E-state index contributed by atoms with van der Waals surface area (Å²) in [4.78, 5) is 27.5. The van der Waals surface area contributed by atoms with E-state index in [1.54, 1.807) is 18.0 Å². The molecule has 0 spiro atoms. The van der Waals surface area contributed by atoms with Crippen molar-refractivity contribution in [1.29, 1.82) is 0 Å². The van der Waals surface area contributed by atoms with Gasteiger partial charge in [-0.3, -0.25) is 14.3 Å². The molecule has 2 saturated heterocycles. The van der Waals surface area contributed by atoms with E-state index in [0.29, 0.717) is 38.6 Å². The summed E-state index contributed by atoms with van der Waals surface area (Å²) in [6.07, 6.45) is 4.09. The average molecular weight is 356 g/mol. The minimum Gasteiger partial charge on any atom is -0.339 e. The summed E-state index contributed by atoms with van der Waals surface area (Å²) >= 11 is 0. The molecular formula is C16H26ClN5O2. The van der Waals surface area contributed by atoms with Crippen molar-refractivity contribution in [2.24, 2.45) is 0 Å². The number of rotatable bonds is 3. The monoisotopic (exact) mass is 355 g/mol. The van der Waals surface area contributed by atoms with Crippen molar-refractivity contribution in [3.63, 3.8) is 0 Å². The van der Waals surface area contributed by atoms with Crippen molar-refractivity contribution < 1.29 is 9.59 Å². The van der Waals surface area contributed by atoms with Crippen LogP contribution in [0.1, 0.15) is 31.4 Å². The first-order valence-electron chi connectivity index (χ1n) is 8.41. The number of carbonyl (C=O) groups is 2. The summed E-state index contributed by atoms with van der Waals surface area (Å²) in [7, 11) is 0. The normalized spacial score (nSPS) is 21.3. The minimum atomic E-state index is 0. The summed E-state index contributed by atoms with van der Waals surface area (Å²) in [6, 6.07) is 2.03. The molecule has 1 aromatic heterocycles. The zero-order valence-electron chi connectivity index (χ0n) is 14.1. The maximum Gasteiger partial charge on any atom is 0.244 e. The van der Waals surface area contributed by atoms with Gasteiger partial charge in [0.05, 0.1) is 0 Å². The van der Waals surface area contributed by atoms with Crippen LogP contribution in [-0.4, -0.2) is 70.7 Å². The molecule has 3 heterocycles. The Morgan fingerprint density at radius 2 is 1.96 bits per heavy atom. The van der Waals surface area contributed by atoms with Gasteiger partial charge < -0.3 is 15.1 Å². The number of hydrogen-bond acceptors (Lipinski definition) is 4. The zero-order chi connectivity index (χ0) is 16.2. The first kappa shape index (κ1) is 18.7. The van der Waals surface area contributed by atoms with Gasteiger partial charge in [-0.05, 0) is 25.5 Å². The fraction of sp³-hybridized carbons (Fsp3) is 0.688.